The van der Waals surface area contributed by atoms with Gasteiger partial charge in [0.05, 0.1) is 0 Å². The van der Waals surface area contributed by atoms with Crippen molar-refractivity contribution in [1.82, 2.24) is 20.4 Å². The number of nitrogens with zero attached hydrogens (tertiary/aromatic N) is 4. The summed E-state index contributed by atoms with van der Waals surface area (Å²) in [7, 11) is 0. The zero-order valence-corrected chi connectivity index (χ0v) is 14.7. The van der Waals surface area contributed by atoms with Gasteiger partial charge in [0.15, 0.2) is 0 Å². The molecule has 0 spiro atoms. The van der Waals surface area contributed by atoms with Crippen LogP contribution in [0.1, 0.15) is 33.9 Å². The van der Waals surface area contributed by atoms with E-state index in [0.717, 1.165) is 22.8 Å². The van der Waals surface area contributed by atoms with Crippen molar-refractivity contribution >= 4 is 0 Å². The minimum Gasteiger partial charge on any atom is -0.579 e. The van der Waals surface area contributed by atoms with Crippen LogP contribution in [0.5, 0.6) is 0 Å². The fraction of sp³-hybridized carbons (Fsp3) is 0.500. The van der Waals surface area contributed by atoms with Gasteiger partial charge in [-0.3, -0.25) is 0 Å². The second-order valence-electron chi connectivity index (χ2n) is 3.99. The third kappa shape index (κ3) is 5.12. The van der Waals surface area contributed by atoms with Gasteiger partial charge >= 0.3 is 0 Å². The number of hydrogen-bond acceptors (Lipinski definition) is 2. The zero-order valence-electron chi connectivity index (χ0n) is 11.5. The van der Waals surface area contributed by atoms with E-state index in [0.29, 0.717) is 0 Å². The summed E-state index contributed by atoms with van der Waals surface area (Å²) in [6.07, 6.45) is 0. The van der Waals surface area contributed by atoms with Crippen LogP contribution in [0.4, 0.5) is 0 Å². The molecule has 0 bridgehead atoms. The fourth-order valence-electron chi connectivity index (χ4n) is 1.12. The molecule has 0 saturated heterocycles. The summed E-state index contributed by atoms with van der Waals surface area (Å²) in [6.45, 7) is 11.9. The molecule has 0 N–H and O–H groups in total. The van der Waals surface area contributed by atoms with Crippen LogP contribution in [0.15, 0.2) is 0 Å². The molecule has 0 aliphatic carbocycles. The molecule has 0 aliphatic heterocycles. The van der Waals surface area contributed by atoms with Gasteiger partial charge in [0.25, 0.3) is 0 Å². The molecule has 6 heteroatoms. The fourth-order valence-corrected chi connectivity index (χ4v) is 1.12. The van der Waals surface area contributed by atoms with E-state index in [1.165, 1.54) is 11.1 Å². The first-order valence-electron chi connectivity index (χ1n) is 5.29. The van der Waals surface area contributed by atoms with Crippen LogP contribution in [-0.2, 0) is 39.0 Å². The van der Waals surface area contributed by atoms with Gasteiger partial charge in [-0.25, -0.2) is 0 Å². The summed E-state index contributed by atoms with van der Waals surface area (Å²) in [5.74, 6) is 0. The van der Waals surface area contributed by atoms with Crippen molar-refractivity contribution in [2.45, 2.75) is 41.5 Å². The molecule has 18 heavy (non-hydrogen) atoms. The minimum atomic E-state index is 0. The van der Waals surface area contributed by atoms with Gasteiger partial charge in [-0.15, -0.1) is 11.4 Å². The Morgan fingerprint density at radius 2 is 0.889 bits per heavy atom. The van der Waals surface area contributed by atoms with Crippen molar-refractivity contribution in [3.63, 3.8) is 0 Å². The van der Waals surface area contributed by atoms with E-state index in [9.17, 15) is 0 Å². The first-order valence-corrected chi connectivity index (χ1v) is 5.29. The molecule has 0 aromatic carbocycles. The maximum atomic E-state index is 3.87. The van der Waals surface area contributed by atoms with Gasteiger partial charge in [-0.1, -0.05) is 13.8 Å². The molecule has 0 amide bonds. The molecular formula is C12H18N4Rh2-2. The van der Waals surface area contributed by atoms with Crippen LogP contribution >= 0.6 is 0 Å². The molecule has 2 aromatic heterocycles. The Hall–Kier alpha value is -0.333. The largest absolute Gasteiger partial charge is 0.579 e. The first-order chi connectivity index (χ1) is 7.43. The van der Waals surface area contributed by atoms with E-state index >= 15 is 0 Å². The normalized spacial score (nSPS) is 8.78. The number of aromatic nitrogens is 4. The monoisotopic (exact) mass is 424 g/mol. The van der Waals surface area contributed by atoms with Crippen LogP contribution in [0.2, 0.25) is 0 Å². The van der Waals surface area contributed by atoms with Gasteiger partial charge in [-0.2, -0.15) is 0 Å². The first kappa shape index (κ1) is 20.0. The molecule has 0 fully saturated rings. The van der Waals surface area contributed by atoms with Crippen LogP contribution < -0.4 is 10.2 Å². The van der Waals surface area contributed by atoms with Gasteiger partial charge in [0.1, 0.15) is 0 Å². The van der Waals surface area contributed by atoms with E-state index < -0.39 is 0 Å². The van der Waals surface area contributed by atoms with Crippen molar-refractivity contribution in [2.24, 2.45) is 0 Å². The molecule has 2 aromatic rings. The second kappa shape index (κ2) is 8.71. The maximum Gasteiger partial charge on any atom is 0.0161 e. The van der Waals surface area contributed by atoms with E-state index in [-0.39, 0.29) is 39.0 Å². The average Bonchev–Trinajstić information content (AvgIpc) is 2.70. The Labute approximate surface area is 134 Å². The summed E-state index contributed by atoms with van der Waals surface area (Å²) in [5.41, 5.74) is 6.60. The van der Waals surface area contributed by atoms with Crippen molar-refractivity contribution in [1.29, 1.82) is 0 Å². The summed E-state index contributed by atoms with van der Waals surface area (Å²) in [4.78, 5) is 0. The summed E-state index contributed by atoms with van der Waals surface area (Å²) < 4.78 is 0. The predicted molar refractivity (Wildman–Crippen MR) is 63.5 cm³/mol. The van der Waals surface area contributed by atoms with Crippen LogP contribution in [0.25, 0.3) is 0 Å². The van der Waals surface area contributed by atoms with Gasteiger partial charge < -0.3 is 20.4 Å². The molecule has 4 nitrogen and oxygen atoms in total. The van der Waals surface area contributed by atoms with Crippen LogP contribution in [0.3, 0.4) is 0 Å². The van der Waals surface area contributed by atoms with Crippen molar-refractivity contribution in [3.05, 3.63) is 33.9 Å². The second-order valence-corrected chi connectivity index (χ2v) is 3.99. The molecule has 2 rings (SSSR count). The Morgan fingerprint density at radius 1 is 0.611 bits per heavy atom. The topological polar surface area (TPSA) is 54.0 Å². The summed E-state index contributed by atoms with van der Waals surface area (Å²) in [5, 5.41) is 15.5. The van der Waals surface area contributed by atoms with Gasteiger partial charge in [0.2, 0.25) is 0 Å². The molecular weight excluding hydrogens is 406 g/mol. The molecule has 2 heterocycles. The van der Waals surface area contributed by atoms with Crippen molar-refractivity contribution in [2.75, 3.05) is 0 Å². The molecule has 0 saturated carbocycles. The number of hydrogen-bond donors (Lipinski definition) is 0. The Kier molecular flexibility index (Phi) is 9.68. The Bertz CT molecular complexity index is 391. The SMILES string of the molecule is Cc1n[n-]c(C)c1C.Cc1n[n-]c(C)c1C.[Rh].[Rh]. The molecule has 0 aliphatic rings. The summed E-state index contributed by atoms with van der Waals surface area (Å²) in [6, 6.07) is 0. The smallest absolute Gasteiger partial charge is 0.0161 e. The number of rotatable bonds is 0. The van der Waals surface area contributed by atoms with E-state index in [1.54, 1.807) is 0 Å². The van der Waals surface area contributed by atoms with Crippen LogP contribution in [-0.4, -0.2) is 10.2 Å². The molecule has 0 unspecified atom stereocenters. The standard InChI is InChI=1S/2C6H9N2.2Rh/c2*1-4-5(2)7-8-6(4)3;;/h2*1-3H3;;/q2*-1;;. The maximum absolute atomic E-state index is 3.87. The zero-order chi connectivity index (χ0) is 12.3. The van der Waals surface area contributed by atoms with Crippen molar-refractivity contribution < 1.29 is 39.0 Å². The number of aryl methyl sites for hydroxylation is 4. The third-order valence-electron chi connectivity index (χ3n) is 2.87. The van der Waals surface area contributed by atoms with E-state index in [4.69, 9.17) is 0 Å². The average molecular weight is 424 g/mol. The molecule has 106 valence electrons. The van der Waals surface area contributed by atoms with Gasteiger partial charge in [0, 0.05) is 50.3 Å². The molecule has 0 atom stereocenters. The quantitative estimate of drug-likeness (QED) is 0.607. The minimum absolute atomic E-state index is 0. The van der Waals surface area contributed by atoms with Gasteiger partial charge in [-0.05, 0) is 38.8 Å². The van der Waals surface area contributed by atoms with Crippen molar-refractivity contribution in [3.8, 4) is 0 Å². The summed E-state index contributed by atoms with van der Waals surface area (Å²) >= 11 is 0. The van der Waals surface area contributed by atoms with E-state index in [1.807, 2.05) is 41.5 Å². The Balaban J connectivity index is 0. The third-order valence-corrected chi connectivity index (χ3v) is 2.87. The van der Waals surface area contributed by atoms with Crippen LogP contribution in [0, 0.1) is 41.5 Å². The Morgan fingerprint density at radius 3 is 0.944 bits per heavy atom. The molecule has 2 radical (unpaired) electrons. The van der Waals surface area contributed by atoms with E-state index in [2.05, 4.69) is 20.4 Å². The predicted octanol–water partition coefficient (Wildman–Crippen LogP) is 1.92.